The third-order valence-electron chi connectivity index (χ3n) is 3.10. The van der Waals surface area contributed by atoms with Crippen molar-refractivity contribution in [1.29, 1.82) is 0 Å². The summed E-state index contributed by atoms with van der Waals surface area (Å²) in [6.45, 7) is 2.18. The molecule has 0 spiro atoms. The van der Waals surface area contributed by atoms with Gasteiger partial charge in [0.25, 0.3) is 0 Å². The van der Waals surface area contributed by atoms with Gasteiger partial charge in [0, 0.05) is 0 Å². The molecular weight excluding hydrogens is 214 g/mol. The van der Waals surface area contributed by atoms with Crippen LogP contribution in [-0.4, -0.2) is 24.2 Å². The van der Waals surface area contributed by atoms with E-state index in [0.29, 0.717) is 11.5 Å². The smallest absolute Gasteiger partial charge is 0.335 e. The van der Waals surface area contributed by atoms with Gasteiger partial charge in [-0.2, -0.15) is 0 Å². The van der Waals surface area contributed by atoms with Gasteiger partial charge < -0.3 is 10.4 Å². The third kappa shape index (κ3) is 3.43. The van der Waals surface area contributed by atoms with E-state index in [0.717, 1.165) is 18.7 Å². The first-order valence-corrected chi connectivity index (χ1v) is 5.98. The highest BCUT2D eigenvalue weighted by Gasteiger charge is 2.08. The standard InChI is InChI=1S/C14H17NO2/c16-14(17)13-5-3-11(4-6-13)1-2-12-7-9-15-10-8-12/h1-6,12,15H,7-10H2,(H,16,17)/b2-1+. The minimum absolute atomic E-state index is 0.337. The van der Waals surface area contributed by atoms with Crippen LogP contribution in [0.2, 0.25) is 0 Å². The van der Waals surface area contributed by atoms with Crippen LogP contribution >= 0.6 is 0 Å². The molecule has 1 heterocycles. The molecule has 0 bridgehead atoms. The van der Waals surface area contributed by atoms with Crippen molar-refractivity contribution in [3.8, 4) is 0 Å². The number of hydrogen-bond donors (Lipinski definition) is 2. The van der Waals surface area contributed by atoms with E-state index in [2.05, 4.69) is 17.5 Å². The van der Waals surface area contributed by atoms with Crippen LogP contribution in [0.15, 0.2) is 30.3 Å². The fourth-order valence-corrected chi connectivity index (χ4v) is 2.02. The van der Waals surface area contributed by atoms with Crippen molar-refractivity contribution < 1.29 is 9.90 Å². The average molecular weight is 231 g/mol. The molecule has 1 aromatic rings. The SMILES string of the molecule is O=C(O)c1ccc(/C=C/C2CCNCC2)cc1. The summed E-state index contributed by atoms with van der Waals surface area (Å²) in [5, 5.41) is 12.1. The highest BCUT2D eigenvalue weighted by Crippen LogP contribution is 2.15. The highest BCUT2D eigenvalue weighted by atomic mass is 16.4. The maximum absolute atomic E-state index is 10.7. The van der Waals surface area contributed by atoms with Gasteiger partial charge in [-0.1, -0.05) is 24.3 Å². The van der Waals surface area contributed by atoms with Gasteiger partial charge in [0.15, 0.2) is 0 Å². The van der Waals surface area contributed by atoms with Crippen molar-refractivity contribution in [2.45, 2.75) is 12.8 Å². The Hall–Kier alpha value is -1.61. The number of aromatic carboxylic acids is 1. The Bertz CT molecular complexity index is 403. The van der Waals surface area contributed by atoms with Crippen LogP contribution in [0, 0.1) is 5.92 Å². The van der Waals surface area contributed by atoms with E-state index >= 15 is 0 Å². The summed E-state index contributed by atoms with van der Waals surface area (Å²) in [6.07, 6.45) is 6.69. The van der Waals surface area contributed by atoms with Gasteiger partial charge in [0.1, 0.15) is 0 Å². The summed E-state index contributed by atoms with van der Waals surface area (Å²) in [7, 11) is 0. The Balaban J connectivity index is 1.98. The molecule has 3 nitrogen and oxygen atoms in total. The summed E-state index contributed by atoms with van der Waals surface area (Å²) in [5.41, 5.74) is 1.40. The topological polar surface area (TPSA) is 49.3 Å². The Morgan fingerprint density at radius 2 is 1.88 bits per heavy atom. The zero-order valence-electron chi connectivity index (χ0n) is 9.73. The number of piperidine rings is 1. The molecule has 0 saturated carbocycles. The van der Waals surface area contributed by atoms with Crippen LogP contribution in [0.5, 0.6) is 0 Å². The number of carboxylic acid groups (broad SMARTS) is 1. The van der Waals surface area contributed by atoms with E-state index in [4.69, 9.17) is 5.11 Å². The molecule has 1 aliphatic rings. The minimum atomic E-state index is -0.876. The predicted octanol–water partition coefficient (Wildman–Crippen LogP) is 2.40. The maximum Gasteiger partial charge on any atom is 0.335 e. The summed E-state index contributed by atoms with van der Waals surface area (Å²) in [6, 6.07) is 6.98. The first kappa shape index (κ1) is 11.9. The largest absolute Gasteiger partial charge is 0.478 e. The van der Waals surface area contributed by atoms with Gasteiger partial charge in [-0.05, 0) is 49.5 Å². The fraction of sp³-hybridized carbons (Fsp3) is 0.357. The second kappa shape index (κ2) is 5.64. The van der Waals surface area contributed by atoms with Crippen LogP contribution in [0.4, 0.5) is 0 Å². The molecule has 3 heteroatoms. The summed E-state index contributed by atoms with van der Waals surface area (Å²) < 4.78 is 0. The van der Waals surface area contributed by atoms with Crippen molar-refractivity contribution in [3.63, 3.8) is 0 Å². The quantitative estimate of drug-likeness (QED) is 0.839. The van der Waals surface area contributed by atoms with Gasteiger partial charge in [-0.25, -0.2) is 4.79 Å². The molecule has 1 aliphatic heterocycles. The van der Waals surface area contributed by atoms with Crippen LogP contribution < -0.4 is 5.32 Å². The zero-order valence-corrected chi connectivity index (χ0v) is 9.73. The lowest BCUT2D eigenvalue weighted by Crippen LogP contribution is -2.26. The Kier molecular flexibility index (Phi) is 3.94. The Morgan fingerprint density at radius 1 is 1.24 bits per heavy atom. The highest BCUT2D eigenvalue weighted by molar-refractivity contribution is 5.87. The number of hydrogen-bond acceptors (Lipinski definition) is 2. The van der Waals surface area contributed by atoms with E-state index in [1.54, 1.807) is 12.1 Å². The fourth-order valence-electron chi connectivity index (χ4n) is 2.02. The van der Waals surface area contributed by atoms with Gasteiger partial charge in [-0.3, -0.25) is 0 Å². The first-order valence-electron chi connectivity index (χ1n) is 5.98. The number of carboxylic acids is 1. The normalized spacial score (nSPS) is 17.4. The minimum Gasteiger partial charge on any atom is -0.478 e. The second-order valence-electron chi connectivity index (χ2n) is 4.37. The summed E-state index contributed by atoms with van der Waals surface area (Å²) in [5.74, 6) is -0.228. The third-order valence-corrected chi connectivity index (χ3v) is 3.10. The maximum atomic E-state index is 10.7. The molecule has 1 fully saturated rings. The van der Waals surface area contributed by atoms with Crippen LogP contribution in [0.1, 0.15) is 28.8 Å². The average Bonchev–Trinajstić information content (AvgIpc) is 2.38. The predicted molar refractivity (Wildman–Crippen MR) is 68.0 cm³/mol. The molecule has 0 aromatic heterocycles. The van der Waals surface area contributed by atoms with E-state index in [-0.39, 0.29) is 0 Å². The van der Waals surface area contributed by atoms with E-state index in [1.807, 2.05) is 12.1 Å². The van der Waals surface area contributed by atoms with Crippen LogP contribution in [0.3, 0.4) is 0 Å². The first-order chi connectivity index (χ1) is 8.25. The Morgan fingerprint density at radius 3 is 2.47 bits per heavy atom. The molecule has 0 atom stereocenters. The van der Waals surface area contributed by atoms with Crippen molar-refractivity contribution >= 4 is 12.0 Å². The van der Waals surface area contributed by atoms with Crippen molar-refractivity contribution in [3.05, 3.63) is 41.5 Å². The van der Waals surface area contributed by atoms with E-state index in [9.17, 15) is 4.79 Å². The molecule has 90 valence electrons. The van der Waals surface area contributed by atoms with Crippen molar-refractivity contribution in [1.82, 2.24) is 5.32 Å². The molecule has 1 saturated heterocycles. The molecular formula is C14H17NO2. The van der Waals surface area contributed by atoms with Gasteiger partial charge in [0.2, 0.25) is 0 Å². The van der Waals surface area contributed by atoms with Gasteiger partial charge in [0.05, 0.1) is 5.56 Å². The molecule has 0 unspecified atom stereocenters. The lowest BCUT2D eigenvalue weighted by Gasteiger charge is -2.19. The van der Waals surface area contributed by atoms with Crippen LogP contribution in [-0.2, 0) is 0 Å². The number of rotatable bonds is 3. The molecule has 17 heavy (non-hydrogen) atoms. The van der Waals surface area contributed by atoms with Crippen molar-refractivity contribution in [2.24, 2.45) is 5.92 Å². The van der Waals surface area contributed by atoms with Crippen LogP contribution in [0.25, 0.3) is 6.08 Å². The second-order valence-corrected chi connectivity index (χ2v) is 4.37. The zero-order chi connectivity index (χ0) is 12.1. The molecule has 0 amide bonds. The summed E-state index contributed by atoms with van der Waals surface area (Å²) in [4.78, 5) is 10.7. The van der Waals surface area contributed by atoms with E-state index in [1.165, 1.54) is 12.8 Å². The molecule has 2 rings (SSSR count). The number of nitrogens with one attached hydrogen (secondary N) is 1. The monoisotopic (exact) mass is 231 g/mol. The lowest BCUT2D eigenvalue weighted by atomic mass is 9.97. The molecule has 0 radical (unpaired) electrons. The number of allylic oxidation sites excluding steroid dienone is 1. The van der Waals surface area contributed by atoms with Gasteiger partial charge in [-0.15, -0.1) is 0 Å². The number of benzene rings is 1. The number of carbonyl (C=O) groups is 1. The Labute approximate surface area is 101 Å². The van der Waals surface area contributed by atoms with Crippen molar-refractivity contribution in [2.75, 3.05) is 13.1 Å². The molecule has 1 aromatic carbocycles. The summed E-state index contributed by atoms with van der Waals surface area (Å²) >= 11 is 0. The molecule has 0 aliphatic carbocycles. The van der Waals surface area contributed by atoms with E-state index < -0.39 is 5.97 Å². The van der Waals surface area contributed by atoms with Gasteiger partial charge >= 0.3 is 5.97 Å². The molecule has 2 N–H and O–H groups in total. The lowest BCUT2D eigenvalue weighted by molar-refractivity contribution is 0.0697.